The van der Waals surface area contributed by atoms with Gasteiger partial charge in [-0.15, -0.1) is 11.3 Å². The normalized spacial score (nSPS) is 10.4. The highest BCUT2D eigenvalue weighted by molar-refractivity contribution is 7.09. The molecule has 0 aromatic carbocycles. The first kappa shape index (κ1) is 13.3. The number of furan rings is 1. The van der Waals surface area contributed by atoms with Crippen molar-refractivity contribution >= 4 is 23.2 Å². The zero-order valence-electron chi connectivity index (χ0n) is 10.2. The van der Waals surface area contributed by atoms with Crippen LogP contribution in [0.2, 0.25) is 0 Å². The number of carboxylic acids is 1. The second kappa shape index (κ2) is 5.66. The van der Waals surface area contributed by atoms with E-state index in [1.54, 1.807) is 12.1 Å². The van der Waals surface area contributed by atoms with Gasteiger partial charge in [0.15, 0.2) is 11.5 Å². The Morgan fingerprint density at radius 1 is 1.47 bits per heavy atom. The predicted octanol–water partition coefficient (Wildman–Crippen LogP) is 1.93. The minimum atomic E-state index is -1.08. The first-order chi connectivity index (χ1) is 9.10. The second-order valence-electron chi connectivity index (χ2n) is 3.73. The molecule has 0 aliphatic heterocycles. The van der Waals surface area contributed by atoms with Crippen LogP contribution in [0.15, 0.2) is 21.9 Å². The number of carbonyl (C=O) groups is 2. The Morgan fingerprint density at radius 2 is 2.26 bits per heavy atom. The van der Waals surface area contributed by atoms with E-state index in [-0.39, 0.29) is 23.9 Å². The van der Waals surface area contributed by atoms with Crippen LogP contribution < -0.4 is 5.32 Å². The number of aromatic carboxylic acids is 1. The highest BCUT2D eigenvalue weighted by Gasteiger charge is 2.12. The van der Waals surface area contributed by atoms with Crippen molar-refractivity contribution in [1.82, 2.24) is 10.3 Å². The van der Waals surface area contributed by atoms with Gasteiger partial charge in [-0.3, -0.25) is 4.79 Å². The summed E-state index contributed by atoms with van der Waals surface area (Å²) in [6, 6.07) is 3.36. The molecule has 0 unspecified atom stereocenters. The number of aromatic nitrogens is 1. The lowest BCUT2D eigenvalue weighted by molar-refractivity contribution is 0.0691. The molecule has 0 aliphatic carbocycles. The number of nitrogens with zero attached hydrogens (tertiary/aromatic N) is 1. The molecule has 100 valence electrons. The van der Waals surface area contributed by atoms with E-state index in [9.17, 15) is 9.59 Å². The van der Waals surface area contributed by atoms with Crippen molar-refractivity contribution in [3.63, 3.8) is 0 Å². The molecular weight excluding hydrogens is 268 g/mol. The molecular formula is C12H12N2O4S. The number of carboxylic acid groups (broad SMARTS) is 1. The van der Waals surface area contributed by atoms with E-state index < -0.39 is 5.97 Å². The molecule has 0 aliphatic rings. The van der Waals surface area contributed by atoms with Crippen molar-refractivity contribution < 1.29 is 19.1 Å². The largest absolute Gasteiger partial charge is 0.476 e. The molecule has 0 saturated carbocycles. The fourth-order valence-corrected chi connectivity index (χ4v) is 2.13. The van der Waals surface area contributed by atoms with E-state index in [1.807, 2.05) is 6.92 Å². The van der Waals surface area contributed by atoms with Gasteiger partial charge in [0.05, 0.1) is 6.54 Å². The fraction of sp³-hybridized carbons (Fsp3) is 0.250. The highest BCUT2D eigenvalue weighted by Crippen LogP contribution is 2.11. The van der Waals surface area contributed by atoms with Crippen molar-refractivity contribution in [2.45, 2.75) is 19.9 Å². The van der Waals surface area contributed by atoms with Crippen LogP contribution in [-0.4, -0.2) is 22.0 Å². The van der Waals surface area contributed by atoms with Gasteiger partial charge >= 0.3 is 5.97 Å². The quantitative estimate of drug-likeness (QED) is 0.873. The summed E-state index contributed by atoms with van der Waals surface area (Å²) in [5.74, 6) is -0.432. The summed E-state index contributed by atoms with van der Waals surface area (Å²) in [6.45, 7) is 2.11. The maximum atomic E-state index is 11.7. The summed E-state index contributed by atoms with van der Waals surface area (Å²) in [5, 5.41) is 13.3. The summed E-state index contributed by atoms with van der Waals surface area (Å²) in [7, 11) is 0. The van der Waals surface area contributed by atoms with Gasteiger partial charge in [-0.2, -0.15) is 0 Å². The van der Waals surface area contributed by atoms with E-state index in [0.717, 1.165) is 12.2 Å². The van der Waals surface area contributed by atoms with Crippen molar-refractivity contribution in [2.24, 2.45) is 0 Å². The molecule has 7 heteroatoms. The van der Waals surface area contributed by atoms with E-state index in [2.05, 4.69) is 10.3 Å². The lowest BCUT2D eigenvalue weighted by Crippen LogP contribution is -2.22. The van der Waals surface area contributed by atoms with E-state index in [1.165, 1.54) is 16.7 Å². The Bertz CT molecular complexity index is 602. The standard InChI is InChI=1S/C12H12N2O4S/c1-2-7-3-4-9(18-7)11(15)13-5-10-14-8(6-19-10)12(16)17/h3-4,6H,2,5H2,1H3,(H,13,15)(H,16,17). The summed E-state index contributed by atoms with van der Waals surface area (Å²) in [5.41, 5.74) is -0.0134. The average Bonchev–Trinajstić information content (AvgIpc) is 3.04. The lowest BCUT2D eigenvalue weighted by Gasteiger charge is -1.99. The minimum absolute atomic E-state index is 0.0134. The Labute approximate surface area is 113 Å². The van der Waals surface area contributed by atoms with Gasteiger partial charge in [0.1, 0.15) is 10.8 Å². The average molecular weight is 280 g/mol. The highest BCUT2D eigenvalue weighted by atomic mass is 32.1. The number of rotatable bonds is 5. The van der Waals surface area contributed by atoms with Crippen LogP contribution in [0.25, 0.3) is 0 Å². The maximum Gasteiger partial charge on any atom is 0.355 e. The van der Waals surface area contributed by atoms with Gasteiger partial charge in [0, 0.05) is 11.8 Å². The monoisotopic (exact) mass is 280 g/mol. The molecule has 0 saturated heterocycles. The van der Waals surface area contributed by atoms with Gasteiger partial charge in [0.2, 0.25) is 0 Å². The molecule has 19 heavy (non-hydrogen) atoms. The Kier molecular flexibility index (Phi) is 3.96. The Balaban J connectivity index is 1.94. The third-order valence-electron chi connectivity index (χ3n) is 2.40. The summed E-state index contributed by atoms with van der Waals surface area (Å²) in [4.78, 5) is 26.3. The van der Waals surface area contributed by atoms with Crippen LogP contribution in [0.3, 0.4) is 0 Å². The van der Waals surface area contributed by atoms with Crippen LogP contribution in [0.1, 0.15) is 38.7 Å². The number of amides is 1. The number of carbonyl (C=O) groups excluding carboxylic acids is 1. The van der Waals surface area contributed by atoms with Gasteiger partial charge in [-0.25, -0.2) is 9.78 Å². The fourth-order valence-electron chi connectivity index (χ4n) is 1.42. The topological polar surface area (TPSA) is 92.4 Å². The van der Waals surface area contributed by atoms with Crippen molar-refractivity contribution in [2.75, 3.05) is 0 Å². The van der Waals surface area contributed by atoms with E-state index >= 15 is 0 Å². The zero-order chi connectivity index (χ0) is 13.8. The van der Waals surface area contributed by atoms with Gasteiger partial charge in [0.25, 0.3) is 5.91 Å². The summed E-state index contributed by atoms with van der Waals surface area (Å²) in [6.07, 6.45) is 0.724. The molecule has 0 radical (unpaired) electrons. The number of hydrogen-bond donors (Lipinski definition) is 2. The molecule has 6 nitrogen and oxygen atoms in total. The minimum Gasteiger partial charge on any atom is -0.476 e. The molecule has 0 fully saturated rings. The van der Waals surface area contributed by atoms with Crippen LogP contribution in [0, 0.1) is 0 Å². The molecule has 2 rings (SSSR count). The molecule has 2 heterocycles. The smallest absolute Gasteiger partial charge is 0.355 e. The molecule has 2 aromatic rings. The molecule has 0 spiro atoms. The lowest BCUT2D eigenvalue weighted by atomic mass is 10.3. The number of nitrogens with one attached hydrogen (secondary N) is 1. The van der Waals surface area contributed by atoms with Crippen LogP contribution in [0.5, 0.6) is 0 Å². The zero-order valence-corrected chi connectivity index (χ0v) is 11.0. The van der Waals surface area contributed by atoms with Crippen LogP contribution >= 0.6 is 11.3 Å². The first-order valence-corrected chi connectivity index (χ1v) is 6.52. The molecule has 1 amide bonds. The SMILES string of the molecule is CCc1ccc(C(=O)NCc2nc(C(=O)O)cs2)o1. The molecule has 2 N–H and O–H groups in total. The maximum absolute atomic E-state index is 11.7. The first-order valence-electron chi connectivity index (χ1n) is 5.64. The summed E-state index contributed by atoms with van der Waals surface area (Å²) < 4.78 is 5.30. The predicted molar refractivity (Wildman–Crippen MR) is 68.3 cm³/mol. The second-order valence-corrected chi connectivity index (χ2v) is 4.68. The van der Waals surface area contributed by atoms with Crippen LogP contribution in [0.4, 0.5) is 0 Å². The third kappa shape index (κ3) is 3.19. The van der Waals surface area contributed by atoms with Crippen molar-refractivity contribution in [1.29, 1.82) is 0 Å². The van der Waals surface area contributed by atoms with Gasteiger partial charge < -0.3 is 14.8 Å². The third-order valence-corrected chi connectivity index (χ3v) is 3.25. The van der Waals surface area contributed by atoms with Gasteiger partial charge in [-0.1, -0.05) is 6.92 Å². The Hall–Kier alpha value is -2.15. The molecule has 2 aromatic heterocycles. The Morgan fingerprint density at radius 3 is 2.84 bits per heavy atom. The number of thiazole rings is 1. The number of aryl methyl sites for hydroxylation is 1. The summed E-state index contributed by atoms with van der Waals surface area (Å²) >= 11 is 1.19. The van der Waals surface area contributed by atoms with Crippen LogP contribution in [-0.2, 0) is 13.0 Å². The molecule has 0 bridgehead atoms. The van der Waals surface area contributed by atoms with Crippen molar-refractivity contribution in [3.8, 4) is 0 Å². The molecule has 0 atom stereocenters. The number of hydrogen-bond acceptors (Lipinski definition) is 5. The van der Waals surface area contributed by atoms with Gasteiger partial charge in [-0.05, 0) is 12.1 Å². The van der Waals surface area contributed by atoms with E-state index in [4.69, 9.17) is 9.52 Å². The van der Waals surface area contributed by atoms with Crippen molar-refractivity contribution in [3.05, 3.63) is 39.7 Å². The van der Waals surface area contributed by atoms with E-state index in [0.29, 0.717) is 5.01 Å².